The second-order valence-corrected chi connectivity index (χ2v) is 5.47. The van der Waals surface area contributed by atoms with Gasteiger partial charge in [0.15, 0.2) is 0 Å². The largest absolute Gasteiger partial charge is 0.381 e. The van der Waals surface area contributed by atoms with Gasteiger partial charge >= 0.3 is 0 Å². The maximum absolute atomic E-state index is 5.53. The van der Waals surface area contributed by atoms with Crippen molar-refractivity contribution in [3.8, 4) is 0 Å². The third-order valence-corrected chi connectivity index (χ3v) is 4.28. The number of nitrogens with zero attached hydrogens (tertiary/aromatic N) is 2. The summed E-state index contributed by atoms with van der Waals surface area (Å²) < 4.78 is 5.53. The van der Waals surface area contributed by atoms with Crippen LogP contribution in [0.2, 0.25) is 0 Å². The quantitative estimate of drug-likeness (QED) is 0.894. The van der Waals surface area contributed by atoms with Gasteiger partial charge in [-0.1, -0.05) is 6.07 Å². The van der Waals surface area contributed by atoms with Crippen LogP contribution in [0.25, 0.3) is 0 Å². The summed E-state index contributed by atoms with van der Waals surface area (Å²) >= 11 is 0. The Labute approximate surface area is 115 Å². The van der Waals surface area contributed by atoms with E-state index in [1.807, 2.05) is 12.4 Å². The molecule has 1 aromatic heterocycles. The molecule has 0 aromatic carbocycles. The van der Waals surface area contributed by atoms with Crippen LogP contribution >= 0.6 is 0 Å². The zero-order valence-corrected chi connectivity index (χ0v) is 11.4. The van der Waals surface area contributed by atoms with Gasteiger partial charge in [-0.25, -0.2) is 0 Å². The minimum absolute atomic E-state index is 0.514. The van der Waals surface area contributed by atoms with Crippen molar-refractivity contribution >= 4 is 0 Å². The summed E-state index contributed by atoms with van der Waals surface area (Å²) in [4.78, 5) is 6.95. The molecule has 1 aromatic rings. The molecular formula is C15H23N3O. The molecule has 1 unspecified atom stereocenters. The zero-order chi connectivity index (χ0) is 12.9. The van der Waals surface area contributed by atoms with Gasteiger partial charge in [-0.3, -0.25) is 9.88 Å². The summed E-state index contributed by atoms with van der Waals surface area (Å²) in [6.45, 7) is 6.29. The maximum Gasteiger partial charge on any atom is 0.0469 e. The van der Waals surface area contributed by atoms with E-state index in [0.29, 0.717) is 12.0 Å². The monoisotopic (exact) mass is 261 g/mol. The molecule has 3 rings (SSSR count). The van der Waals surface area contributed by atoms with Crippen LogP contribution in [0.3, 0.4) is 0 Å². The predicted octanol–water partition coefficient (Wildman–Crippen LogP) is 1.45. The average molecular weight is 261 g/mol. The Kier molecular flexibility index (Phi) is 4.43. The lowest BCUT2D eigenvalue weighted by atomic mass is 9.86. The van der Waals surface area contributed by atoms with E-state index in [1.54, 1.807) is 0 Å². The van der Waals surface area contributed by atoms with Crippen molar-refractivity contribution in [2.45, 2.75) is 18.9 Å². The SMILES string of the molecule is c1cncc(C(C2CCOCC2)N2CCNCC2)c1. The lowest BCUT2D eigenvalue weighted by Crippen LogP contribution is -2.47. The van der Waals surface area contributed by atoms with E-state index >= 15 is 0 Å². The molecule has 2 aliphatic rings. The van der Waals surface area contributed by atoms with Crippen molar-refractivity contribution in [1.29, 1.82) is 0 Å². The van der Waals surface area contributed by atoms with Gasteiger partial charge < -0.3 is 10.1 Å². The molecule has 0 aliphatic carbocycles. The highest BCUT2D eigenvalue weighted by Gasteiger charge is 2.31. The summed E-state index contributed by atoms with van der Waals surface area (Å²) in [7, 11) is 0. The molecule has 4 nitrogen and oxygen atoms in total. The maximum atomic E-state index is 5.53. The van der Waals surface area contributed by atoms with E-state index in [1.165, 1.54) is 18.4 Å². The molecule has 2 saturated heterocycles. The van der Waals surface area contributed by atoms with E-state index in [0.717, 1.165) is 39.4 Å². The molecule has 104 valence electrons. The Morgan fingerprint density at radius 3 is 2.74 bits per heavy atom. The topological polar surface area (TPSA) is 37.4 Å². The van der Waals surface area contributed by atoms with Gasteiger partial charge in [0, 0.05) is 57.8 Å². The number of rotatable bonds is 3. The van der Waals surface area contributed by atoms with Gasteiger partial charge in [0.05, 0.1) is 0 Å². The molecule has 1 atom stereocenters. The fraction of sp³-hybridized carbons (Fsp3) is 0.667. The van der Waals surface area contributed by atoms with Crippen LogP contribution < -0.4 is 5.32 Å². The Bertz CT molecular complexity index is 354. The fourth-order valence-corrected chi connectivity index (χ4v) is 3.32. The van der Waals surface area contributed by atoms with Crippen molar-refractivity contribution in [3.05, 3.63) is 30.1 Å². The minimum Gasteiger partial charge on any atom is -0.381 e. The second kappa shape index (κ2) is 6.46. The van der Waals surface area contributed by atoms with E-state index < -0.39 is 0 Å². The highest BCUT2D eigenvalue weighted by atomic mass is 16.5. The second-order valence-electron chi connectivity index (χ2n) is 5.47. The summed E-state index contributed by atoms with van der Waals surface area (Å²) in [5.41, 5.74) is 1.37. The summed E-state index contributed by atoms with van der Waals surface area (Å²) in [6, 6.07) is 4.80. The third kappa shape index (κ3) is 3.14. The predicted molar refractivity (Wildman–Crippen MR) is 75.0 cm³/mol. The first-order valence-electron chi connectivity index (χ1n) is 7.37. The molecule has 0 saturated carbocycles. The number of hydrogen-bond donors (Lipinski definition) is 1. The number of aromatic nitrogens is 1. The van der Waals surface area contributed by atoms with Crippen molar-refractivity contribution in [1.82, 2.24) is 15.2 Å². The van der Waals surface area contributed by atoms with Gasteiger partial charge in [-0.05, 0) is 30.4 Å². The van der Waals surface area contributed by atoms with Gasteiger partial charge in [0.2, 0.25) is 0 Å². The minimum atomic E-state index is 0.514. The van der Waals surface area contributed by atoms with Crippen LogP contribution in [-0.2, 0) is 4.74 Å². The highest BCUT2D eigenvalue weighted by Crippen LogP contribution is 2.34. The van der Waals surface area contributed by atoms with Crippen LogP contribution in [0, 0.1) is 5.92 Å². The number of pyridine rings is 1. The first kappa shape index (κ1) is 13.0. The van der Waals surface area contributed by atoms with Gasteiger partial charge in [-0.2, -0.15) is 0 Å². The summed E-state index contributed by atoms with van der Waals surface area (Å²) in [6.07, 6.45) is 6.25. The number of nitrogens with one attached hydrogen (secondary N) is 1. The van der Waals surface area contributed by atoms with Crippen LogP contribution in [0.1, 0.15) is 24.4 Å². The molecule has 2 aliphatic heterocycles. The van der Waals surface area contributed by atoms with Crippen LogP contribution in [-0.4, -0.2) is 49.3 Å². The van der Waals surface area contributed by atoms with E-state index in [4.69, 9.17) is 4.74 Å². The standard InChI is InChI=1S/C15H23N3O/c1-2-14(12-17-5-1)15(13-3-10-19-11-4-13)18-8-6-16-7-9-18/h1-2,5,12-13,15-16H,3-4,6-11H2. The molecule has 4 heteroatoms. The molecule has 0 bridgehead atoms. The zero-order valence-electron chi connectivity index (χ0n) is 11.4. The molecule has 1 N–H and O–H groups in total. The Balaban J connectivity index is 1.81. The Morgan fingerprint density at radius 1 is 1.26 bits per heavy atom. The number of hydrogen-bond acceptors (Lipinski definition) is 4. The lowest BCUT2D eigenvalue weighted by Gasteiger charge is -2.41. The van der Waals surface area contributed by atoms with Gasteiger partial charge in [0.1, 0.15) is 0 Å². The van der Waals surface area contributed by atoms with Crippen molar-refractivity contribution in [2.75, 3.05) is 39.4 Å². The Morgan fingerprint density at radius 2 is 2.05 bits per heavy atom. The Hall–Kier alpha value is -0.970. The van der Waals surface area contributed by atoms with Crippen LogP contribution in [0.15, 0.2) is 24.5 Å². The van der Waals surface area contributed by atoms with E-state index in [-0.39, 0.29) is 0 Å². The molecule has 2 fully saturated rings. The smallest absolute Gasteiger partial charge is 0.0469 e. The average Bonchev–Trinajstić information content (AvgIpc) is 2.51. The van der Waals surface area contributed by atoms with Crippen LogP contribution in [0.5, 0.6) is 0 Å². The van der Waals surface area contributed by atoms with Crippen molar-refractivity contribution in [2.24, 2.45) is 5.92 Å². The van der Waals surface area contributed by atoms with Crippen LogP contribution in [0.4, 0.5) is 0 Å². The molecule has 0 amide bonds. The van der Waals surface area contributed by atoms with Crippen molar-refractivity contribution in [3.63, 3.8) is 0 Å². The third-order valence-electron chi connectivity index (χ3n) is 4.28. The van der Waals surface area contributed by atoms with Crippen molar-refractivity contribution < 1.29 is 4.74 Å². The molecule has 19 heavy (non-hydrogen) atoms. The molecule has 3 heterocycles. The number of piperazine rings is 1. The molecular weight excluding hydrogens is 238 g/mol. The number of ether oxygens (including phenoxy) is 1. The molecule has 0 spiro atoms. The summed E-state index contributed by atoms with van der Waals surface area (Å²) in [5, 5.41) is 3.44. The first-order valence-corrected chi connectivity index (χ1v) is 7.37. The van der Waals surface area contributed by atoms with E-state index in [9.17, 15) is 0 Å². The van der Waals surface area contributed by atoms with Gasteiger partial charge in [-0.15, -0.1) is 0 Å². The summed E-state index contributed by atoms with van der Waals surface area (Å²) in [5.74, 6) is 0.705. The first-order chi connectivity index (χ1) is 9.45. The lowest BCUT2D eigenvalue weighted by molar-refractivity contribution is 0.0212. The van der Waals surface area contributed by atoms with Gasteiger partial charge in [0.25, 0.3) is 0 Å². The van der Waals surface area contributed by atoms with E-state index in [2.05, 4.69) is 27.3 Å². The normalized spacial score (nSPS) is 24.2. The fourth-order valence-electron chi connectivity index (χ4n) is 3.32. The molecule has 0 radical (unpaired) electrons. The highest BCUT2D eigenvalue weighted by molar-refractivity contribution is 5.16.